The number of nitrogens with one attached hydrogen (secondary N) is 1. The van der Waals surface area contributed by atoms with Crippen LogP contribution >= 0.6 is 11.8 Å². The van der Waals surface area contributed by atoms with E-state index in [2.05, 4.69) is 25.6 Å². The van der Waals surface area contributed by atoms with Gasteiger partial charge in [0, 0.05) is 30.2 Å². The van der Waals surface area contributed by atoms with Crippen LogP contribution in [-0.4, -0.2) is 77.1 Å². The van der Waals surface area contributed by atoms with Gasteiger partial charge in [0.05, 0.1) is 18.6 Å². The van der Waals surface area contributed by atoms with Gasteiger partial charge in [0.15, 0.2) is 22.1 Å². The molecule has 2 aromatic heterocycles. The maximum absolute atomic E-state index is 13.3. The molecule has 0 bridgehead atoms. The normalized spacial score (nSPS) is 28.1. The van der Waals surface area contributed by atoms with Crippen LogP contribution in [-0.2, 0) is 0 Å². The molecule has 36 heavy (non-hydrogen) atoms. The first-order valence-corrected chi connectivity index (χ1v) is 12.4. The number of nitrogens with zero attached hydrogens (tertiary/aromatic N) is 5. The zero-order chi connectivity index (χ0) is 25.6. The molecule has 6 atom stereocenters. The third kappa shape index (κ3) is 5.12. The number of hydrogen-bond donors (Lipinski definition) is 4. The minimum atomic E-state index is -4.32. The van der Waals surface area contributed by atoms with Crippen molar-refractivity contribution in [3.05, 3.63) is 35.6 Å². The predicted octanol–water partition coefficient (Wildman–Crippen LogP) is 2.65. The highest BCUT2D eigenvalue weighted by Crippen LogP contribution is 2.44. The molecule has 5 rings (SSSR count). The summed E-state index contributed by atoms with van der Waals surface area (Å²) in [7, 11) is 0. The number of aliphatic hydroxyl groups excluding tert-OH is 3. The van der Waals surface area contributed by atoms with Gasteiger partial charge in [-0.05, 0) is 30.5 Å². The Hall–Kier alpha value is -2.55. The molecule has 4 N–H and O–H groups in total. The summed E-state index contributed by atoms with van der Waals surface area (Å²) in [6.07, 6.45) is -6.77. The number of aliphatic hydroxyl groups is 3. The molecule has 2 heterocycles. The standard InChI is InChI=1S/C22H24F4N6O3S/c23-12-3-1-10(2-4-12)13-8-14(13)27-19-16-20(29-21(28-19)36-6-5-22(24,25)26)32(31-30-16)15-7-11(9-33)17(34)18(15)35/h1-4,11,13-15,17-18,33-35H,5-9H2,(H,27,28,29)/t11-,13?,14?,15-,17-,18+/m1/s1. The molecule has 2 aliphatic rings. The largest absolute Gasteiger partial charge is 0.396 e. The Bertz CT molecular complexity index is 1230. The monoisotopic (exact) mass is 528 g/mol. The minimum Gasteiger partial charge on any atom is -0.396 e. The first-order valence-electron chi connectivity index (χ1n) is 11.5. The Morgan fingerprint density at radius 2 is 1.83 bits per heavy atom. The maximum atomic E-state index is 13.3. The second kappa shape index (κ2) is 9.72. The van der Waals surface area contributed by atoms with Crippen molar-refractivity contribution in [3.8, 4) is 0 Å². The SMILES string of the molecule is OC[C@H]1C[C@@H](n2nnc3c(NC4CC4c4ccc(F)cc4)nc(SCCC(F)(F)F)nc32)[C@H](O)[C@@H]1O. The van der Waals surface area contributed by atoms with Gasteiger partial charge in [0.25, 0.3) is 0 Å². The first kappa shape index (κ1) is 25.1. The Labute approximate surface area is 206 Å². The number of hydrogen-bond acceptors (Lipinski definition) is 9. The van der Waals surface area contributed by atoms with E-state index in [9.17, 15) is 32.9 Å². The summed E-state index contributed by atoms with van der Waals surface area (Å²) < 4.78 is 52.7. The smallest absolute Gasteiger partial charge is 0.389 e. The maximum Gasteiger partial charge on any atom is 0.389 e. The van der Waals surface area contributed by atoms with Crippen molar-refractivity contribution in [1.82, 2.24) is 25.0 Å². The molecule has 0 saturated heterocycles. The van der Waals surface area contributed by atoms with Crippen LogP contribution in [0.1, 0.15) is 36.8 Å². The van der Waals surface area contributed by atoms with Crippen molar-refractivity contribution in [1.29, 1.82) is 0 Å². The number of thioether (sulfide) groups is 1. The zero-order valence-electron chi connectivity index (χ0n) is 18.8. The second-order valence-corrected chi connectivity index (χ2v) is 10.2. The second-order valence-electron chi connectivity index (χ2n) is 9.15. The molecule has 2 fully saturated rings. The highest BCUT2D eigenvalue weighted by Gasteiger charge is 2.44. The third-order valence-electron chi connectivity index (χ3n) is 6.65. The van der Waals surface area contributed by atoms with Crippen LogP contribution in [0.3, 0.4) is 0 Å². The Morgan fingerprint density at radius 1 is 1.08 bits per heavy atom. The van der Waals surface area contributed by atoms with Gasteiger partial charge >= 0.3 is 6.18 Å². The molecule has 0 amide bonds. The fourth-order valence-corrected chi connectivity index (χ4v) is 5.41. The van der Waals surface area contributed by atoms with Gasteiger partial charge in [-0.3, -0.25) is 0 Å². The van der Waals surface area contributed by atoms with Gasteiger partial charge in [0.2, 0.25) is 0 Å². The highest BCUT2D eigenvalue weighted by molar-refractivity contribution is 7.99. The minimum absolute atomic E-state index is 0.0515. The number of anilines is 1. The van der Waals surface area contributed by atoms with Gasteiger partial charge < -0.3 is 20.6 Å². The summed E-state index contributed by atoms with van der Waals surface area (Å²) in [5.74, 6) is -0.783. The molecular formula is C22H24F4N6O3S. The summed E-state index contributed by atoms with van der Waals surface area (Å²) in [5.41, 5.74) is 1.42. The van der Waals surface area contributed by atoms with E-state index in [4.69, 9.17) is 0 Å². The number of fused-ring (bicyclic) bond motifs is 1. The topological polar surface area (TPSA) is 129 Å². The van der Waals surface area contributed by atoms with Crippen molar-refractivity contribution >= 4 is 28.7 Å². The lowest BCUT2D eigenvalue weighted by Gasteiger charge is -2.17. The number of alkyl halides is 3. The predicted molar refractivity (Wildman–Crippen MR) is 122 cm³/mol. The molecule has 194 valence electrons. The van der Waals surface area contributed by atoms with Crippen LogP contribution in [0.15, 0.2) is 29.4 Å². The van der Waals surface area contributed by atoms with E-state index in [1.807, 2.05) is 0 Å². The lowest BCUT2D eigenvalue weighted by atomic mass is 10.1. The van der Waals surface area contributed by atoms with E-state index in [0.29, 0.717) is 5.82 Å². The van der Waals surface area contributed by atoms with E-state index < -0.39 is 36.8 Å². The summed E-state index contributed by atoms with van der Waals surface area (Å²) >= 11 is 0.839. The zero-order valence-corrected chi connectivity index (χ0v) is 19.6. The number of aromatic nitrogens is 5. The van der Waals surface area contributed by atoms with Crippen LogP contribution in [0.4, 0.5) is 23.4 Å². The quantitative estimate of drug-likeness (QED) is 0.198. The third-order valence-corrected chi connectivity index (χ3v) is 7.50. The average molecular weight is 529 g/mol. The van der Waals surface area contributed by atoms with Gasteiger partial charge in [-0.25, -0.2) is 19.0 Å². The Morgan fingerprint density at radius 3 is 2.50 bits per heavy atom. The van der Waals surface area contributed by atoms with E-state index in [1.54, 1.807) is 12.1 Å². The van der Waals surface area contributed by atoms with Crippen molar-refractivity contribution < 1.29 is 32.9 Å². The number of halogens is 4. The molecule has 3 aromatic rings. The van der Waals surface area contributed by atoms with Crippen LogP contribution < -0.4 is 5.32 Å². The molecule has 2 unspecified atom stereocenters. The molecule has 2 aliphatic carbocycles. The summed E-state index contributed by atoms with van der Waals surface area (Å²) in [6, 6.07) is 5.40. The van der Waals surface area contributed by atoms with E-state index >= 15 is 0 Å². The molecule has 2 saturated carbocycles. The lowest BCUT2D eigenvalue weighted by Crippen LogP contribution is -2.30. The number of rotatable bonds is 8. The van der Waals surface area contributed by atoms with Gasteiger partial charge in [-0.2, -0.15) is 13.2 Å². The fourth-order valence-electron chi connectivity index (χ4n) is 4.59. The molecular weight excluding hydrogens is 504 g/mol. The van der Waals surface area contributed by atoms with E-state index in [-0.39, 0.29) is 52.9 Å². The van der Waals surface area contributed by atoms with Crippen molar-refractivity contribution in [2.24, 2.45) is 5.92 Å². The Kier molecular flexibility index (Phi) is 6.78. The van der Waals surface area contributed by atoms with E-state index in [1.165, 1.54) is 16.8 Å². The molecule has 9 nitrogen and oxygen atoms in total. The first-order chi connectivity index (χ1) is 17.1. The van der Waals surface area contributed by atoms with Crippen molar-refractivity contribution in [2.75, 3.05) is 17.7 Å². The highest BCUT2D eigenvalue weighted by atomic mass is 32.2. The van der Waals surface area contributed by atoms with Gasteiger partial charge in [0.1, 0.15) is 11.9 Å². The van der Waals surface area contributed by atoms with E-state index in [0.717, 1.165) is 23.7 Å². The molecule has 14 heteroatoms. The van der Waals surface area contributed by atoms with Crippen LogP contribution in [0.25, 0.3) is 11.2 Å². The summed E-state index contributed by atoms with van der Waals surface area (Å²) in [5, 5.41) is 41.9. The molecule has 1 aromatic carbocycles. The average Bonchev–Trinajstić information content (AvgIpc) is 3.36. The van der Waals surface area contributed by atoms with Crippen molar-refractivity contribution in [3.63, 3.8) is 0 Å². The van der Waals surface area contributed by atoms with Crippen LogP contribution in [0.2, 0.25) is 0 Å². The number of benzene rings is 1. The summed E-state index contributed by atoms with van der Waals surface area (Å²) in [6.45, 7) is -0.325. The lowest BCUT2D eigenvalue weighted by molar-refractivity contribution is -0.129. The van der Waals surface area contributed by atoms with Gasteiger partial charge in [-0.1, -0.05) is 29.1 Å². The molecule has 0 radical (unpaired) electrons. The van der Waals surface area contributed by atoms with Crippen LogP contribution in [0.5, 0.6) is 0 Å². The van der Waals surface area contributed by atoms with Crippen molar-refractivity contribution in [2.45, 2.75) is 60.8 Å². The molecule has 0 aliphatic heterocycles. The molecule has 0 spiro atoms. The Balaban J connectivity index is 1.44. The van der Waals surface area contributed by atoms with Gasteiger partial charge in [-0.15, -0.1) is 5.10 Å². The fraction of sp³-hybridized carbons (Fsp3) is 0.545. The summed E-state index contributed by atoms with van der Waals surface area (Å²) in [4.78, 5) is 8.76. The van der Waals surface area contributed by atoms with Crippen LogP contribution in [0, 0.1) is 11.7 Å².